The van der Waals surface area contributed by atoms with Crippen LogP contribution in [-0.2, 0) is 86.8 Å². The first kappa shape index (κ1) is 48.0. The summed E-state index contributed by atoms with van der Waals surface area (Å²) in [6.07, 6.45) is -11.8. The van der Waals surface area contributed by atoms with Crippen LogP contribution >= 0.6 is 0 Å². The van der Waals surface area contributed by atoms with Gasteiger partial charge in [0.2, 0.25) is 0 Å². The third kappa shape index (κ3) is 12.8. The van der Waals surface area contributed by atoms with Gasteiger partial charge in [-0.2, -0.15) is 0 Å². The highest BCUT2D eigenvalue weighted by Gasteiger charge is 2.57. The van der Waals surface area contributed by atoms with Crippen molar-refractivity contribution in [1.29, 1.82) is 0 Å². The number of rotatable bonds is 23. The first-order valence-corrected chi connectivity index (χ1v) is 20.3. The zero-order valence-corrected chi connectivity index (χ0v) is 35.5. The average molecular weight is 890 g/mol. The summed E-state index contributed by atoms with van der Waals surface area (Å²) in [6, 6.07) is 33.1. The summed E-state index contributed by atoms with van der Waals surface area (Å²) in [4.78, 5) is 59.6. The van der Waals surface area contributed by atoms with Gasteiger partial charge in [0, 0.05) is 12.1 Å². The van der Waals surface area contributed by atoms with Gasteiger partial charge in [-0.1, -0.05) is 97.1 Å². The van der Waals surface area contributed by atoms with Gasteiger partial charge in [0.25, 0.3) is 5.69 Å². The van der Waals surface area contributed by atoms with Gasteiger partial charge in [0.1, 0.15) is 24.4 Å². The largest absolute Gasteiger partial charge is 0.467 e. The predicted molar refractivity (Wildman–Crippen MR) is 223 cm³/mol. The van der Waals surface area contributed by atoms with Crippen LogP contribution in [0, 0.1) is 10.1 Å². The van der Waals surface area contributed by atoms with Gasteiger partial charge >= 0.3 is 11.9 Å². The molecule has 0 radical (unpaired) electrons. The molecule has 2 fully saturated rings. The van der Waals surface area contributed by atoms with E-state index >= 15 is 0 Å². The van der Waals surface area contributed by atoms with Crippen molar-refractivity contribution in [3.8, 4) is 0 Å². The maximum absolute atomic E-state index is 14.2. The number of esters is 2. The van der Waals surface area contributed by atoms with Gasteiger partial charge in [-0.05, 0) is 28.8 Å². The van der Waals surface area contributed by atoms with E-state index < -0.39 is 78.3 Å². The van der Waals surface area contributed by atoms with Crippen molar-refractivity contribution in [3.05, 3.63) is 160 Å². The average Bonchev–Trinajstić information content (AvgIpc) is 3.32. The topological polar surface area (TPSA) is 197 Å². The van der Waals surface area contributed by atoms with Gasteiger partial charge in [-0.3, -0.25) is 10.1 Å². The Morgan fingerprint density at radius 3 is 1.77 bits per heavy atom. The summed E-state index contributed by atoms with van der Waals surface area (Å²) in [5, 5.41) is 11.5. The molecule has 0 aromatic heterocycles. The smallest absolute Gasteiger partial charge is 0.338 e. The molecule has 10 atom stereocenters. The Bertz CT molecular complexity index is 2040. The zero-order chi connectivity index (χ0) is 45.3. The molecule has 18 heteroatoms. The number of carbonyl (C=O) groups is 2. The van der Waals surface area contributed by atoms with Crippen molar-refractivity contribution in [1.82, 2.24) is 0 Å². The first-order chi connectivity index (χ1) is 31.2. The Hall–Kier alpha value is -5.48. The van der Waals surface area contributed by atoms with Crippen LogP contribution in [0.4, 0.5) is 5.69 Å². The van der Waals surface area contributed by atoms with Crippen LogP contribution in [0.15, 0.2) is 128 Å². The molecule has 0 saturated carbocycles. The van der Waals surface area contributed by atoms with Crippen LogP contribution in [0.1, 0.15) is 27.0 Å². The number of non-ortho nitro benzene ring substituents is 1. The van der Waals surface area contributed by atoms with Crippen molar-refractivity contribution < 1.29 is 76.7 Å². The van der Waals surface area contributed by atoms with E-state index in [2.05, 4.69) is 6.58 Å². The molecule has 18 nitrogen and oxygen atoms in total. The molecule has 2 saturated heterocycles. The van der Waals surface area contributed by atoms with E-state index in [1.54, 1.807) is 0 Å². The number of methoxy groups -OCH3 is 1. The Morgan fingerprint density at radius 2 is 1.22 bits per heavy atom. The van der Waals surface area contributed by atoms with Crippen LogP contribution in [0.3, 0.4) is 0 Å². The molecule has 0 spiro atoms. The van der Waals surface area contributed by atoms with E-state index in [0.717, 1.165) is 23.8 Å². The van der Waals surface area contributed by atoms with Crippen LogP contribution in [0.5, 0.6) is 0 Å². The fourth-order valence-electron chi connectivity index (χ4n) is 7.10. The molecule has 342 valence electrons. The molecule has 4 aromatic carbocycles. The summed E-state index contributed by atoms with van der Waals surface area (Å²) < 4.78 is 56.7. The first-order valence-electron chi connectivity index (χ1n) is 20.3. The minimum atomic E-state index is -1.58. The number of ether oxygens (including phenoxy) is 9. The maximum atomic E-state index is 14.2. The predicted octanol–water partition coefficient (Wildman–Crippen LogP) is 5.61. The van der Waals surface area contributed by atoms with Gasteiger partial charge in [0.05, 0.1) is 64.9 Å². The molecule has 4 aromatic rings. The summed E-state index contributed by atoms with van der Waals surface area (Å²) in [5.74, 6) is -1.76. The monoisotopic (exact) mass is 889 g/mol. The van der Waals surface area contributed by atoms with E-state index in [1.807, 2.05) is 91.0 Å². The van der Waals surface area contributed by atoms with Crippen LogP contribution in [-0.4, -0.2) is 113 Å². The SMILES string of the molecule is C=CCO[C@@H]1O[C@H](C(=O)OC)[C@@H](OOC)[C@H](OOC)[C@H]1O[C@@H]1O[C@H](COCc2ccccc2)[C@H](OCc2ccccc2)[C@H](OCc2ccccc2)[C@H]1OC(=O)c1ccc([N+](=O)[O-])cc1. The van der Waals surface area contributed by atoms with Crippen LogP contribution in [0.25, 0.3) is 0 Å². The molecule has 0 unspecified atom stereocenters. The zero-order valence-electron chi connectivity index (χ0n) is 35.5. The number of nitro benzene ring substituents is 1. The summed E-state index contributed by atoms with van der Waals surface area (Å²) in [7, 11) is 3.61. The Labute approximate surface area is 369 Å². The summed E-state index contributed by atoms with van der Waals surface area (Å²) in [5.41, 5.74) is 2.25. The van der Waals surface area contributed by atoms with Gasteiger partial charge < -0.3 is 42.6 Å². The second-order valence-electron chi connectivity index (χ2n) is 14.4. The molecule has 64 heavy (non-hydrogen) atoms. The molecule has 0 amide bonds. The third-order valence-corrected chi connectivity index (χ3v) is 10.1. The number of nitro groups is 1. The van der Waals surface area contributed by atoms with Crippen LogP contribution < -0.4 is 0 Å². The minimum Gasteiger partial charge on any atom is -0.467 e. The van der Waals surface area contributed by atoms with Gasteiger partial charge in [0.15, 0.2) is 37.0 Å². The summed E-state index contributed by atoms with van der Waals surface area (Å²) in [6.45, 7) is 3.88. The van der Waals surface area contributed by atoms with Crippen molar-refractivity contribution in [3.63, 3.8) is 0 Å². The highest BCUT2D eigenvalue weighted by atomic mass is 17.2. The molecule has 0 N–H and O–H groups in total. The number of nitrogens with zero attached hydrogens (tertiary/aromatic N) is 1. The lowest BCUT2D eigenvalue weighted by Gasteiger charge is -2.48. The normalized spacial score (nSPS) is 25.5. The maximum Gasteiger partial charge on any atom is 0.338 e. The van der Waals surface area contributed by atoms with Crippen molar-refractivity contribution >= 4 is 17.6 Å². The fourth-order valence-corrected chi connectivity index (χ4v) is 7.10. The van der Waals surface area contributed by atoms with Crippen molar-refractivity contribution in [2.75, 3.05) is 34.5 Å². The molecule has 2 aliphatic rings. The molecule has 0 bridgehead atoms. The molecular weight excluding hydrogens is 838 g/mol. The summed E-state index contributed by atoms with van der Waals surface area (Å²) >= 11 is 0. The van der Waals surface area contributed by atoms with Gasteiger partial charge in [-0.25, -0.2) is 29.1 Å². The molecule has 2 heterocycles. The lowest BCUT2D eigenvalue weighted by atomic mass is 9.96. The quantitative estimate of drug-likeness (QED) is 0.0293. The Kier molecular flexibility index (Phi) is 18.4. The molecule has 2 aliphatic heterocycles. The standard InChI is InChI=1S/C46H51NO17/c1-5-25-56-45-42(39(64-54-4)38(63-53-3)40(61-45)44(49)52-2)62-46-41(60-43(48)33-21-23-34(24-22-33)47(50)51)37(58-28-32-19-13-8-14-20-32)36(57-27-31-17-11-7-12-18-31)35(59-46)29-55-26-30-15-9-6-10-16-30/h5-24,35-42,45-46H,1,25-29H2,2-4H3/t35-,36+,37+,38+,39+,40+,41-,42-,45-,46+/m1/s1. The number of benzene rings is 4. The second kappa shape index (κ2) is 24.5. The third-order valence-electron chi connectivity index (χ3n) is 10.1. The molecular formula is C46H51NO17. The van der Waals surface area contributed by atoms with Gasteiger partial charge in [-0.15, -0.1) is 6.58 Å². The number of hydrogen-bond acceptors (Lipinski definition) is 17. The molecule has 6 rings (SSSR count). The lowest BCUT2D eigenvalue weighted by molar-refractivity contribution is -0.444. The van der Waals surface area contributed by atoms with E-state index in [-0.39, 0.29) is 44.3 Å². The van der Waals surface area contributed by atoms with Crippen LogP contribution in [0.2, 0.25) is 0 Å². The van der Waals surface area contributed by atoms with E-state index in [0.29, 0.717) is 0 Å². The van der Waals surface area contributed by atoms with Crippen molar-refractivity contribution in [2.24, 2.45) is 0 Å². The number of hydrogen-bond donors (Lipinski definition) is 0. The molecule has 0 aliphatic carbocycles. The highest BCUT2D eigenvalue weighted by molar-refractivity contribution is 5.89. The highest BCUT2D eigenvalue weighted by Crippen LogP contribution is 2.36. The van der Waals surface area contributed by atoms with E-state index in [4.69, 9.17) is 62.2 Å². The number of carbonyl (C=O) groups excluding carboxylic acids is 2. The minimum absolute atomic E-state index is 0.0180. The van der Waals surface area contributed by atoms with E-state index in [1.165, 1.54) is 44.6 Å². The second-order valence-corrected chi connectivity index (χ2v) is 14.4. The lowest BCUT2D eigenvalue weighted by Crippen LogP contribution is -2.67. The van der Waals surface area contributed by atoms with Crippen molar-refractivity contribution in [2.45, 2.75) is 81.2 Å². The fraction of sp³-hybridized carbons (Fsp3) is 0.391. The Balaban J connectivity index is 1.44. The Morgan fingerprint density at radius 1 is 0.656 bits per heavy atom. The van der Waals surface area contributed by atoms with E-state index in [9.17, 15) is 19.7 Å².